The van der Waals surface area contributed by atoms with E-state index in [-0.39, 0.29) is 6.61 Å². The summed E-state index contributed by atoms with van der Waals surface area (Å²) in [6.45, 7) is 3.53. The van der Waals surface area contributed by atoms with Crippen LogP contribution in [0.1, 0.15) is 12.8 Å². The number of aliphatic hydroxyl groups excluding tert-OH is 1. The molecule has 2 N–H and O–H groups in total. The zero-order valence-electron chi connectivity index (χ0n) is 6.79. The summed E-state index contributed by atoms with van der Waals surface area (Å²) in [7, 11) is 0. The van der Waals surface area contributed by atoms with Crippen molar-refractivity contribution in [2.45, 2.75) is 24.9 Å². The molecule has 2 fully saturated rings. The van der Waals surface area contributed by atoms with Crippen LogP contribution in [0.4, 0.5) is 0 Å². The third-order valence-electron chi connectivity index (χ3n) is 2.57. The Morgan fingerprint density at radius 2 is 2.27 bits per heavy atom. The lowest BCUT2D eigenvalue weighted by Gasteiger charge is -2.32. The van der Waals surface area contributed by atoms with Crippen LogP contribution in [0.5, 0.6) is 0 Å². The highest BCUT2D eigenvalue weighted by molar-refractivity contribution is 4.89. The molecule has 0 aromatic rings. The second-order valence-corrected chi connectivity index (χ2v) is 3.56. The third kappa shape index (κ3) is 1.72. The van der Waals surface area contributed by atoms with Crippen LogP contribution in [-0.4, -0.2) is 48.3 Å². The molecule has 1 aliphatic heterocycles. The minimum Gasteiger partial charge on any atom is -0.395 e. The van der Waals surface area contributed by atoms with Crippen LogP contribution in [0.2, 0.25) is 0 Å². The molecule has 3 nitrogen and oxygen atoms in total. The first-order valence-electron chi connectivity index (χ1n) is 4.48. The number of rotatable bonds is 2. The highest BCUT2D eigenvalue weighted by Crippen LogP contribution is 2.27. The first-order chi connectivity index (χ1) is 5.40. The molecule has 1 saturated carbocycles. The second kappa shape index (κ2) is 3.09. The van der Waals surface area contributed by atoms with Crippen molar-refractivity contribution in [3.63, 3.8) is 0 Å². The Hall–Kier alpha value is -0.120. The highest BCUT2D eigenvalue weighted by Gasteiger charge is 2.31. The van der Waals surface area contributed by atoms with Crippen molar-refractivity contribution in [3.05, 3.63) is 0 Å². The zero-order valence-corrected chi connectivity index (χ0v) is 6.79. The number of nitrogens with zero attached hydrogens (tertiary/aromatic N) is 1. The average molecular weight is 156 g/mol. The van der Waals surface area contributed by atoms with E-state index in [1.165, 1.54) is 19.4 Å². The largest absolute Gasteiger partial charge is 0.395 e. The van der Waals surface area contributed by atoms with Gasteiger partial charge >= 0.3 is 0 Å². The molecule has 0 aromatic carbocycles. The van der Waals surface area contributed by atoms with E-state index in [1.54, 1.807) is 0 Å². The molecule has 1 atom stereocenters. The van der Waals surface area contributed by atoms with Gasteiger partial charge in [0, 0.05) is 31.7 Å². The van der Waals surface area contributed by atoms with Crippen molar-refractivity contribution in [3.8, 4) is 0 Å². The van der Waals surface area contributed by atoms with Gasteiger partial charge in [-0.1, -0.05) is 0 Å². The lowest BCUT2D eigenvalue weighted by Crippen LogP contribution is -2.52. The van der Waals surface area contributed by atoms with E-state index < -0.39 is 0 Å². The minimum absolute atomic E-state index is 0.281. The fourth-order valence-corrected chi connectivity index (χ4v) is 1.74. The fraction of sp³-hybridized carbons (Fsp3) is 1.00. The second-order valence-electron chi connectivity index (χ2n) is 3.56. The molecule has 2 aliphatic rings. The van der Waals surface area contributed by atoms with Crippen molar-refractivity contribution >= 4 is 0 Å². The van der Waals surface area contributed by atoms with E-state index in [1.807, 2.05) is 0 Å². The molecule has 0 amide bonds. The molecule has 0 spiro atoms. The first-order valence-corrected chi connectivity index (χ1v) is 4.48. The van der Waals surface area contributed by atoms with Gasteiger partial charge in [-0.15, -0.1) is 0 Å². The van der Waals surface area contributed by atoms with Crippen LogP contribution in [0.3, 0.4) is 0 Å². The van der Waals surface area contributed by atoms with Crippen molar-refractivity contribution < 1.29 is 5.11 Å². The van der Waals surface area contributed by atoms with Gasteiger partial charge in [-0.05, 0) is 12.8 Å². The average Bonchev–Trinajstić information content (AvgIpc) is 2.87. The van der Waals surface area contributed by atoms with Crippen LogP contribution in [0.25, 0.3) is 0 Å². The number of piperazine rings is 1. The Balaban J connectivity index is 1.82. The summed E-state index contributed by atoms with van der Waals surface area (Å²) >= 11 is 0. The van der Waals surface area contributed by atoms with E-state index >= 15 is 0 Å². The van der Waals surface area contributed by atoms with Crippen LogP contribution >= 0.6 is 0 Å². The summed E-state index contributed by atoms with van der Waals surface area (Å²) in [5, 5.41) is 12.2. The summed E-state index contributed by atoms with van der Waals surface area (Å²) < 4.78 is 0. The quantitative estimate of drug-likeness (QED) is 0.561. The molecule has 11 heavy (non-hydrogen) atoms. The topological polar surface area (TPSA) is 35.5 Å². The van der Waals surface area contributed by atoms with E-state index in [4.69, 9.17) is 5.11 Å². The van der Waals surface area contributed by atoms with Gasteiger partial charge < -0.3 is 10.4 Å². The van der Waals surface area contributed by atoms with E-state index in [2.05, 4.69) is 10.2 Å². The summed E-state index contributed by atoms with van der Waals surface area (Å²) in [6.07, 6.45) is 2.75. The standard InChI is InChI=1S/C8H16N2O/c11-6-7-5-10(4-3-9-7)8-1-2-8/h7-9,11H,1-6H2. The van der Waals surface area contributed by atoms with E-state index in [9.17, 15) is 0 Å². The summed E-state index contributed by atoms with van der Waals surface area (Å²) in [4.78, 5) is 2.50. The Labute approximate surface area is 67.4 Å². The SMILES string of the molecule is OCC1CN(C2CC2)CCN1. The molecule has 64 valence electrons. The monoisotopic (exact) mass is 156 g/mol. The summed E-state index contributed by atoms with van der Waals surface area (Å²) in [5.74, 6) is 0. The molecule has 1 unspecified atom stereocenters. The first kappa shape index (κ1) is 7.53. The van der Waals surface area contributed by atoms with Crippen molar-refractivity contribution in [1.82, 2.24) is 10.2 Å². The van der Waals surface area contributed by atoms with Gasteiger partial charge in [0.05, 0.1) is 6.61 Å². The molecule has 2 rings (SSSR count). The number of nitrogens with one attached hydrogen (secondary N) is 1. The molecule has 1 aliphatic carbocycles. The van der Waals surface area contributed by atoms with Gasteiger partial charge in [-0.3, -0.25) is 4.90 Å². The zero-order chi connectivity index (χ0) is 7.68. The maximum absolute atomic E-state index is 8.92. The van der Waals surface area contributed by atoms with Crippen LogP contribution in [0.15, 0.2) is 0 Å². The van der Waals surface area contributed by atoms with Gasteiger partial charge in [0.1, 0.15) is 0 Å². The predicted molar refractivity (Wildman–Crippen MR) is 43.5 cm³/mol. The van der Waals surface area contributed by atoms with Gasteiger partial charge in [-0.25, -0.2) is 0 Å². The Bertz CT molecular complexity index is 136. The Morgan fingerprint density at radius 1 is 1.45 bits per heavy atom. The van der Waals surface area contributed by atoms with Crippen LogP contribution < -0.4 is 5.32 Å². The molecular formula is C8H16N2O. The maximum Gasteiger partial charge on any atom is 0.0597 e. The Morgan fingerprint density at radius 3 is 2.91 bits per heavy atom. The number of hydrogen-bond acceptors (Lipinski definition) is 3. The van der Waals surface area contributed by atoms with E-state index in [0.29, 0.717) is 6.04 Å². The molecule has 0 bridgehead atoms. The maximum atomic E-state index is 8.92. The van der Waals surface area contributed by atoms with Gasteiger partial charge in [0.2, 0.25) is 0 Å². The summed E-state index contributed by atoms with van der Waals surface area (Å²) in [5.41, 5.74) is 0. The lowest BCUT2D eigenvalue weighted by molar-refractivity contribution is 0.143. The van der Waals surface area contributed by atoms with Gasteiger partial charge in [0.15, 0.2) is 0 Å². The van der Waals surface area contributed by atoms with Crippen molar-refractivity contribution in [1.29, 1.82) is 0 Å². The summed E-state index contributed by atoms with van der Waals surface area (Å²) in [6, 6.07) is 1.18. The van der Waals surface area contributed by atoms with Crippen molar-refractivity contribution in [2.24, 2.45) is 0 Å². The highest BCUT2D eigenvalue weighted by atomic mass is 16.3. The van der Waals surface area contributed by atoms with Gasteiger partial charge in [-0.2, -0.15) is 0 Å². The lowest BCUT2D eigenvalue weighted by atomic mass is 10.2. The minimum atomic E-state index is 0.281. The molecule has 3 heteroatoms. The van der Waals surface area contributed by atoms with Crippen molar-refractivity contribution in [2.75, 3.05) is 26.2 Å². The molecule has 0 aromatic heterocycles. The third-order valence-corrected chi connectivity index (χ3v) is 2.57. The number of aliphatic hydroxyl groups is 1. The molecule has 0 radical (unpaired) electrons. The number of hydrogen-bond donors (Lipinski definition) is 2. The molecule has 1 heterocycles. The fourth-order valence-electron chi connectivity index (χ4n) is 1.74. The predicted octanol–water partition coefficient (Wildman–Crippen LogP) is -0.585. The van der Waals surface area contributed by atoms with Crippen LogP contribution in [0, 0.1) is 0 Å². The van der Waals surface area contributed by atoms with Gasteiger partial charge in [0.25, 0.3) is 0 Å². The molecular weight excluding hydrogens is 140 g/mol. The normalized spacial score (nSPS) is 34.1. The molecule has 1 saturated heterocycles. The Kier molecular flexibility index (Phi) is 2.11. The van der Waals surface area contributed by atoms with E-state index in [0.717, 1.165) is 19.1 Å². The smallest absolute Gasteiger partial charge is 0.0597 e. The van der Waals surface area contributed by atoms with Crippen LogP contribution in [-0.2, 0) is 0 Å².